The van der Waals surface area contributed by atoms with Crippen molar-refractivity contribution in [2.45, 2.75) is 58.5 Å². The molecule has 1 saturated heterocycles. The van der Waals surface area contributed by atoms with Gasteiger partial charge in [0.15, 0.2) is 0 Å². The average Bonchev–Trinajstić information content (AvgIpc) is 3.12. The van der Waals surface area contributed by atoms with Crippen molar-refractivity contribution in [1.82, 2.24) is 10.2 Å². The summed E-state index contributed by atoms with van der Waals surface area (Å²) in [5.41, 5.74) is 0.438. The van der Waals surface area contributed by atoms with Crippen LogP contribution in [0.5, 0.6) is 0 Å². The highest BCUT2D eigenvalue weighted by Crippen LogP contribution is 2.43. The van der Waals surface area contributed by atoms with Crippen molar-refractivity contribution < 1.29 is 0 Å². The van der Waals surface area contributed by atoms with Crippen molar-refractivity contribution in [3.8, 4) is 0 Å². The van der Waals surface area contributed by atoms with Crippen molar-refractivity contribution in [1.29, 1.82) is 0 Å². The van der Waals surface area contributed by atoms with Crippen molar-refractivity contribution in [2.24, 2.45) is 11.8 Å². The molecule has 0 aromatic heterocycles. The minimum Gasteiger partial charge on any atom is -0.311 e. The summed E-state index contributed by atoms with van der Waals surface area (Å²) in [5.74, 6) is 1.76. The molecule has 94 valence electrons. The molecule has 2 unspecified atom stereocenters. The van der Waals surface area contributed by atoms with E-state index in [1.807, 2.05) is 0 Å². The third kappa shape index (κ3) is 2.43. The van der Waals surface area contributed by atoms with E-state index < -0.39 is 0 Å². The minimum atomic E-state index is 0.438. The van der Waals surface area contributed by atoms with E-state index in [1.54, 1.807) is 0 Å². The maximum absolute atomic E-state index is 3.69. The molecule has 1 saturated carbocycles. The Morgan fingerprint density at radius 3 is 2.62 bits per heavy atom. The fraction of sp³-hybridized carbons (Fsp3) is 1.00. The molecule has 0 amide bonds. The predicted octanol–water partition coefficient (Wildman–Crippen LogP) is 2.49. The fourth-order valence-corrected chi connectivity index (χ4v) is 3.02. The monoisotopic (exact) mass is 224 g/mol. The van der Waals surface area contributed by atoms with Crippen molar-refractivity contribution in [3.05, 3.63) is 0 Å². The van der Waals surface area contributed by atoms with Gasteiger partial charge in [-0.2, -0.15) is 0 Å². The van der Waals surface area contributed by atoms with Crippen LogP contribution in [0.1, 0.15) is 47.0 Å². The van der Waals surface area contributed by atoms with Gasteiger partial charge in [0.05, 0.1) is 0 Å². The van der Waals surface area contributed by atoms with Crippen LogP contribution in [-0.2, 0) is 0 Å². The van der Waals surface area contributed by atoms with Gasteiger partial charge in [0.1, 0.15) is 0 Å². The van der Waals surface area contributed by atoms with Gasteiger partial charge in [-0.15, -0.1) is 0 Å². The zero-order valence-corrected chi connectivity index (χ0v) is 11.4. The Kier molecular flexibility index (Phi) is 3.60. The topological polar surface area (TPSA) is 15.3 Å². The Hall–Kier alpha value is -0.0800. The van der Waals surface area contributed by atoms with Crippen LogP contribution >= 0.6 is 0 Å². The van der Waals surface area contributed by atoms with Gasteiger partial charge in [-0.25, -0.2) is 0 Å². The molecule has 1 N–H and O–H groups in total. The molecule has 2 fully saturated rings. The molecular weight excluding hydrogens is 196 g/mol. The quantitative estimate of drug-likeness (QED) is 0.789. The van der Waals surface area contributed by atoms with Gasteiger partial charge in [-0.1, -0.05) is 20.3 Å². The first-order valence-electron chi connectivity index (χ1n) is 7.04. The van der Waals surface area contributed by atoms with Gasteiger partial charge in [0.25, 0.3) is 0 Å². The molecule has 2 rings (SSSR count). The molecule has 0 bridgehead atoms. The van der Waals surface area contributed by atoms with Crippen LogP contribution in [0.25, 0.3) is 0 Å². The highest BCUT2D eigenvalue weighted by Gasteiger charge is 2.43. The van der Waals surface area contributed by atoms with E-state index in [-0.39, 0.29) is 0 Å². The van der Waals surface area contributed by atoms with Crippen LogP contribution < -0.4 is 5.32 Å². The lowest BCUT2D eigenvalue weighted by molar-refractivity contribution is 0.0540. The third-order valence-corrected chi connectivity index (χ3v) is 4.93. The van der Waals surface area contributed by atoms with Crippen LogP contribution in [0.15, 0.2) is 0 Å². The Morgan fingerprint density at radius 1 is 1.38 bits per heavy atom. The lowest BCUT2D eigenvalue weighted by atomic mass is 9.91. The van der Waals surface area contributed by atoms with Crippen molar-refractivity contribution in [2.75, 3.05) is 19.6 Å². The molecule has 0 aromatic carbocycles. The molecule has 2 nitrogen and oxygen atoms in total. The molecule has 1 heterocycles. The highest BCUT2D eigenvalue weighted by molar-refractivity contribution is 4.99. The largest absolute Gasteiger partial charge is 0.311 e. The van der Waals surface area contributed by atoms with E-state index in [0.717, 1.165) is 11.8 Å². The molecule has 0 aromatic rings. The molecule has 0 spiro atoms. The lowest BCUT2D eigenvalue weighted by Gasteiger charge is -2.45. The number of piperazine rings is 1. The normalized spacial score (nSPS) is 30.4. The zero-order valence-electron chi connectivity index (χ0n) is 11.4. The molecule has 2 aliphatic rings. The van der Waals surface area contributed by atoms with Gasteiger partial charge >= 0.3 is 0 Å². The molecule has 2 heteroatoms. The first kappa shape index (κ1) is 12.4. The Labute approximate surface area is 101 Å². The Morgan fingerprint density at radius 2 is 2.06 bits per heavy atom. The third-order valence-electron chi connectivity index (χ3n) is 4.93. The number of nitrogens with zero attached hydrogens (tertiary/aromatic N) is 1. The SMILES string of the molecule is CCC(C)C1CN(C(C)(C)C2CC2)CCN1. The number of nitrogens with one attached hydrogen (secondary N) is 1. The van der Waals surface area contributed by atoms with Gasteiger partial charge < -0.3 is 5.32 Å². The lowest BCUT2D eigenvalue weighted by Crippen LogP contribution is -2.59. The number of hydrogen-bond acceptors (Lipinski definition) is 2. The van der Waals surface area contributed by atoms with Crippen LogP contribution in [0, 0.1) is 11.8 Å². The van der Waals surface area contributed by atoms with E-state index >= 15 is 0 Å². The van der Waals surface area contributed by atoms with Crippen LogP contribution in [0.4, 0.5) is 0 Å². The van der Waals surface area contributed by atoms with E-state index in [2.05, 4.69) is 37.9 Å². The summed E-state index contributed by atoms with van der Waals surface area (Å²) in [6.45, 7) is 13.2. The summed E-state index contributed by atoms with van der Waals surface area (Å²) >= 11 is 0. The summed E-state index contributed by atoms with van der Waals surface area (Å²) in [5, 5.41) is 3.69. The molecular formula is C14H28N2. The first-order chi connectivity index (χ1) is 7.55. The predicted molar refractivity (Wildman–Crippen MR) is 69.6 cm³/mol. The first-order valence-corrected chi connectivity index (χ1v) is 7.04. The van der Waals surface area contributed by atoms with E-state index in [4.69, 9.17) is 0 Å². The van der Waals surface area contributed by atoms with Gasteiger partial charge in [-0.3, -0.25) is 4.90 Å². The number of rotatable bonds is 4. The zero-order chi connectivity index (χ0) is 11.8. The van der Waals surface area contributed by atoms with E-state index in [0.29, 0.717) is 11.6 Å². The summed E-state index contributed by atoms with van der Waals surface area (Å²) in [6, 6.07) is 0.705. The van der Waals surface area contributed by atoms with Crippen LogP contribution in [0.2, 0.25) is 0 Å². The average molecular weight is 224 g/mol. The second-order valence-electron chi connectivity index (χ2n) is 6.32. The second-order valence-corrected chi connectivity index (χ2v) is 6.32. The smallest absolute Gasteiger partial charge is 0.0221 e. The van der Waals surface area contributed by atoms with E-state index in [1.165, 1.54) is 38.9 Å². The van der Waals surface area contributed by atoms with Gasteiger partial charge in [-0.05, 0) is 38.5 Å². The Bertz CT molecular complexity index is 233. The second kappa shape index (κ2) is 4.66. The van der Waals surface area contributed by atoms with Crippen molar-refractivity contribution in [3.63, 3.8) is 0 Å². The number of hydrogen-bond donors (Lipinski definition) is 1. The van der Waals surface area contributed by atoms with Crippen LogP contribution in [0.3, 0.4) is 0 Å². The molecule has 0 radical (unpaired) electrons. The minimum absolute atomic E-state index is 0.438. The Balaban J connectivity index is 1.95. The highest BCUT2D eigenvalue weighted by atomic mass is 15.3. The summed E-state index contributed by atoms with van der Waals surface area (Å²) in [4.78, 5) is 2.73. The molecule has 16 heavy (non-hydrogen) atoms. The molecule has 1 aliphatic carbocycles. The molecule has 1 aliphatic heterocycles. The van der Waals surface area contributed by atoms with Gasteiger partial charge in [0, 0.05) is 31.2 Å². The maximum Gasteiger partial charge on any atom is 0.0221 e. The van der Waals surface area contributed by atoms with Crippen LogP contribution in [-0.4, -0.2) is 36.1 Å². The summed E-state index contributed by atoms with van der Waals surface area (Å²) < 4.78 is 0. The standard InChI is InChI=1S/C14H28N2/c1-5-11(2)13-10-16(9-8-15-13)14(3,4)12-6-7-12/h11-13,15H,5-10H2,1-4H3. The van der Waals surface area contributed by atoms with E-state index in [9.17, 15) is 0 Å². The fourth-order valence-electron chi connectivity index (χ4n) is 3.02. The summed E-state index contributed by atoms with van der Waals surface area (Å²) in [7, 11) is 0. The molecule has 2 atom stereocenters. The summed E-state index contributed by atoms with van der Waals surface area (Å²) in [6.07, 6.45) is 4.19. The maximum atomic E-state index is 3.69. The van der Waals surface area contributed by atoms with Crippen molar-refractivity contribution >= 4 is 0 Å². The van der Waals surface area contributed by atoms with Gasteiger partial charge in [0.2, 0.25) is 0 Å².